The van der Waals surface area contributed by atoms with Crippen molar-refractivity contribution in [2.24, 2.45) is 0 Å². The zero-order valence-electron chi connectivity index (χ0n) is 6.93. The van der Waals surface area contributed by atoms with Crippen molar-refractivity contribution in [3.8, 4) is 0 Å². The van der Waals surface area contributed by atoms with Gasteiger partial charge in [-0.05, 0) is 18.6 Å². The van der Waals surface area contributed by atoms with Crippen LogP contribution in [0.25, 0.3) is 0 Å². The van der Waals surface area contributed by atoms with Gasteiger partial charge in [-0.2, -0.15) is 0 Å². The minimum atomic E-state index is -1.35. The van der Waals surface area contributed by atoms with Gasteiger partial charge < -0.3 is 9.90 Å². The van der Waals surface area contributed by atoms with Crippen LogP contribution in [-0.4, -0.2) is 5.97 Å². The molecule has 0 saturated heterocycles. The quantitative estimate of drug-likeness (QED) is 0.444. The Kier molecular flexibility index (Phi) is 4.45. The van der Waals surface area contributed by atoms with Crippen LogP contribution < -0.4 is 34.7 Å². The van der Waals surface area contributed by atoms with E-state index in [0.29, 0.717) is 0 Å². The Bertz CT molecular complexity index is 299. The fraction of sp³-hybridized carbons (Fsp3) is 0.125. The van der Waals surface area contributed by atoms with Crippen LogP contribution in [-0.2, 0) is 0 Å². The van der Waals surface area contributed by atoms with Gasteiger partial charge in [0, 0.05) is 5.56 Å². The molecule has 0 N–H and O–H groups in total. The standard InChI is InChI=1S/C8H7FO2.Na/c1-5-6(8(10)11)3-2-4-7(5)9;/h2-4H,1H3,(H,10,11);/q;+1/p-1. The summed E-state index contributed by atoms with van der Waals surface area (Å²) >= 11 is 0. The molecule has 4 heteroatoms. The third kappa shape index (κ3) is 2.30. The Labute approximate surface area is 91.7 Å². The summed E-state index contributed by atoms with van der Waals surface area (Å²) in [4.78, 5) is 10.3. The molecule has 0 amide bonds. The van der Waals surface area contributed by atoms with E-state index in [4.69, 9.17) is 0 Å². The number of carbonyl (C=O) groups is 1. The molecule has 0 fully saturated rings. The molecular weight excluding hydrogens is 170 g/mol. The maximum absolute atomic E-state index is 12.6. The number of rotatable bonds is 1. The maximum atomic E-state index is 12.6. The van der Waals surface area contributed by atoms with Gasteiger partial charge in [0.15, 0.2) is 0 Å². The van der Waals surface area contributed by atoms with Crippen molar-refractivity contribution in [3.63, 3.8) is 0 Å². The summed E-state index contributed by atoms with van der Waals surface area (Å²) in [6.07, 6.45) is 0. The first-order chi connectivity index (χ1) is 5.13. The van der Waals surface area contributed by atoms with Crippen molar-refractivity contribution in [2.75, 3.05) is 0 Å². The van der Waals surface area contributed by atoms with E-state index in [9.17, 15) is 14.3 Å². The second-order valence-electron chi connectivity index (χ2n) is 2.20. The van der Waals surface area contributed by atoms with Gasteiger partial charge in [-0.3, -0.25) is 0 Å². The second kappa shape index (κ2) is 4.60. The Balaban J connectivity index is 0.00000121. The number of aromatic carboxylic acids is 1. The molecule has 0 atom stereocenters. The van der Waals surface area contributed by atoms with Crippen LogP contribution in [0.1, 0.15) is 15.9 Å². The van der Waals surface area contributed by atoms with Gasteiger partial charge in [0.2, 0.25) is 0 Å². The summed E-state index contributed by atoms with van der Waals surface area (Å²) in [7, 11) is 0. The third-order valence-electron chi connectivity index (χ3n) is 1.49. The van der Waals surface area contributed by atoms with Crippen LogP contribution in [0.4, 0.5) is 4.39 Å². The van der Waals surface area contributed by atoms with Gasteiger partial charge in [0.05, 0.1) is 5.97 Å². The minimum absolute atomic E-state index is 0. The smallest absolute Gasteiger partial charge is 0.545 e. The van der Waals surface area contributed by atoms with Gasteiger partial charge in [0.1, 0.15) is 5.82 Å². The Morgan fingerprint density at radius 1 is 1.50 bits per heavy atom. The van der Waals surface area contributed by atoms with Crippen LogP contribution in [0.2, 0.25) is 0 Å². The average Bonchev–Trinajstić information content (AvgIpc) is 1.94. The molecule has 0 radical (unpaired) electrons. The van der Waals surface area contributed by atoms with Crippen molar-refractivity contribution >= 4 is 5.97 Å². The predicted molar refractivity (Wildman–Crippen MR) is 35.5 cm³/mol. The van der Waals surface area contributed by atoms with E-state index in [2.05, 4.69) is 0 Å². The summed E-state index contributed by atoms with van der Waals surface area (Å²) in [5.41, 5.74) is 0.0255. The van der Waals surface area contributed by atoms with Crippen LogP contribution in [0.15, 0.2) is 18.2 Å². The molecule has 0 saturated carbocycles. The van der Waals surface area contributed by atoms with E-state index in [1.54, 1.807) is 0 Å². The molecule has 0 bridgehead atoms. The molecule has 12 heavy (non-hydrogen) atoms. The van der Waals surface area contributed by atoms with Gasteiger partial charge in [-0.25, -0.2) is 4.39 Å². The molecule has 2 nitrogen and oxygen atoms in total. The number of hydrogen-bond acceptors (Lipinski definition) is 2. The van der Waals surface area contributed by atoms with Crippen molar-refractivity contribution in [2.45, 2.75) is 6.92 Å². The average molecular weight is 176 g/mol. The van der Waals surface area contributed by atoms with E-state index in [0.717, 1.165) is 0 Å². The maximum Gasteiger partial charge on any atom is 1.00 e. The number of carbonyl (C=O) groups excluding carboxylic acids is 1. The summed E-state index contributed by atoms with van der Waals surface area (Å²) in [6, 6.07) is 3.86. The summed E-state index contributed by atoms with van der Waals surface area (Å²) in [6.45, 7) is 1.40. The molecule has 1 aromatic rings. The van der Waals surface area contributed by atoms with Gasteiger partial charge in [0.25, 0.3) is 0 Å². The van der Waals surface area contributed by atoms with Crippen molar-refractivity contribution < 1.29 is 43.8 Å². The van der Waals surface area contributed by atoms with Crippen LogP contribution in [0, 0.1) is 12.7 Å². The molecule has 0 spiro atoms. The van der Waals surface area contributed by atoms with Gasteiger partial charge in [-0.15, -0.1) is 0 Å². The van der Waals surface area contributed by atoms with Crippen LogP contribution in [0.3, 0.4) is 0 Å². The van der Waals surface area contributed by atoms with E-state index >= 15 is 0 Å². The van der Waals surface area contributed by atoms with E-state index in [1.165, 1.54) is 25.1 Å². The first-order valence-electron chi connectivity index (χ1n) is 3.09. The third-order valence-corrected chi connectivity index (χ3v) is 1.49. The van der Waals surface area contributed by atoms with Gasteiger partial charge in [-0.1, -0.05) is 12.1 Å². The van der Waals surface area contributed by atoms with Crippen LogP contribution in [0.5, 0.6) is 0 Å². The Morgan fingerprint density at radius 2 is 2.08 bits per heavy atom. The first kappa shape index (κ1) is 11.6. The predicted octanol–water partition coefficient (Wildman–Crippen LogP) is -2.50. The molecule has 0 aliphatic carbocycles. The first-order valence-corrected chi connectivity index (χ1v) is 3.09. The number of hydrogen-bond donors (Lipinski definition) is 0. The molecule has 1 aromatic carbocycles. The number of halogens is 1. The van der Waals surface area contributed by atoms with E-state index in [1.807, 2.05) is 0 Å². The summed E-state index contributed by atoms with van der Waals surface area (Å²) in [5.74, 6) is -1.87. The zero-order chi connectivity index (χ0) is 8.43. The number of carboxylic acid groups (broad SMARTS) is 1. The SMILES string of the molecule is Cc1c(F)cccc1C(=O)[O-].[Na+]. The number of carboxylic acids is 1. The molecule has 0 unspecified atom stereocenters. The fourth-order valence-electron chi connectivity index (χ4n) is 0.829. The normalized spacial score (nSPS) is 8.83. The molecule has 0 aliphatic rings. The summed E-state index contributed by atoms with van der Waals surface area (Å²) in [5, 5.41) is 10.3. The minimum Gasteiger partial charge on any atom is -0.545 e. The van der Waals surface area contributed by atoms with Crippen molar-refractivity contribution in [1.29, 1.82) is 0 Å². The van der Waals surface area contributed by atoms with Crippen molar-refractivity contribution in [1.82, 2.24) is 0 Å². The Hall–Kier alpha value is -0.380. The zero-order valence-corrected chi connectivity index (χ0v) is 8.93. The fourth-order valence-corrected chi connectivity index (χ4v) is 0.829. The molecule has 1 rings (SSSR count). The van der Waals surface area contributed by atoms with Crippen LogP contribution >= 0.6 is 0 Å². The summed E-state index contributed by atoms with van der Waals surface area (Å²) < 4.78 is 12.6. The molecular formula is C8H6FNaO2. The molecule has 58 valence electrons. The monoisotopic (exact) mass is 176 g/mol. The molecule has 0 aliphatic heterocycles. The second-order valence-corrected chi connectivity index (χ2v) is 2.20. The number of benzene rings is 1. The molecule has 0 heterocycles. The van der Waals surface area contributed by atoms with Crippen molar-refractivity contribution in [3.05, 3.63) is 35.1 Å². The van der Waals surface area contributed by atoms with Gasteiger partial charge >= 0.3 is 29.6 Å². The topological polar surface area (TPSA) is 40.1 Å². The molecule has 0 aromatic heterocycles. The largest absolute Gasteiger partial charge is 1.00 e. The van der Waals surface area contributed by atoms with E-state index in [-0.39, 0.29) is 40.7 Å². The van der Waals surface area contributed by atoms with E-state index < -0.39 is 11.8 Å². The Morgan fingerprint density at radius 3 is 2.50 bits per heavy atom.